The second-order valence-electron chi connectivity index (χ2n) is 16.8. The number of nitrogens with one attached hydrogen (secondary N) is 1. The van der Waals surface area contributed by atoms with E-state index in [4.69, 9.17) is 0 Å². The fourth-order valence-electron chi connectivity index (χ4n) is 10.9. The van der Waals surface area contributed by atoms with Gasteiger partial charge in [0.05, 0.1) is 11.4 Å². The SMILES string of the molecule is C1=C(c2ccccc2)c2ccccc2C2C=C(c3ccccc3)c3cc4c(cc3C12)-c1ccc(-c2ccc(N3c5ccccc5NC3c3ccccc3)cc2)c2cccc-4c12. The Morgan fingerprint density at radius 1 is 0.377 bits per heavy atom. The minimum Gasteiger partial charge on any atom is -0.359 e. The molecule has 61 heavy (non-hydrogen) atoms. The molecule has 2 heteroatoms. The fraction of sp³-hybridized carbons (Fsp3) is 0.0508. The second kappa shape index (κ2) is 13.4. The number of fused-ring (bicyclic) bond motifs is 9. The molecular weight excluding hydrogens is 737 g/mol. The number of hydrogen-bond acceptors (Lipinski definition) is 2. The van der Waals surface area contributed by atoms with Crippen molar-refractivity contribution < 1.29 is 0 Å². The Labute approximate surface area is 356 Å². The Balaban J connectivity index is 0.942. The van der Waals surface area contributed by atoms with Crippen LogP contribution in [-0.2, 0) is 0 Å². The minimum atomic E-state index is 0.0156. The lowest BCUT2D eigenvalue weighted by atomic mass is 9.66. The first-order valence-electron chi connectivity index (χ1n) is 21.5. The zero-order chi connectivity index (χ0) is 40.0. The molecule has 2 nitrogen and oxygen atoms in total. The van der Waals surface area contributed by atoms with Crippen molar-refractivity contribution in [3.63, 3.8) is 0 Å². The summed E-state index contributed by atoms with van der Waals surface area (Å²) < 4.78 is 0. The lowest BCUT2D eigenvalue weighted by Crippen LogP contribution is -2.23. The van der Waals surface area contributed by atoms with Crippen molar-refractivity contribution >= 4 is 39.0 Å². The highest BCUT2D eigenvalue weighted by Crippen LogP contribution is 2.57. The van der Waals surface area contributed by atoms with Crippen LogP contribution in [0.25, 0.3) is 55.3 Å². The smallest absolute Gasteiger partial charge is 0.130 e. The first-order valence-corrected chi connectivity index (χ1v) is 21.5. The zero-order valence-electron chi connectivity index (χ0n) is 33.5. The lowest BCUT2D eigenvalue weighted by Gasteiger charge is -2.37. The number of hydrogen-bond donors (Lipinski definition) is 1. The largest absolute Gasteiger partial charge is 0.359 e. The number of para-hydroxylation sites is 2. The topological polar surface area (TPSA) is 15.3 Å². The van der Waals surface area contributed by atoms with Gasteiger partial charge < -0.3 is 10.2 Å². The van der Waals surface area contributed by atoms with E-state index in [9.17, 15) is 0 Å². The monoisotopic (exact) mass is 776 g/mol. The van der Waals surface area contributed by atoms with Crippen LogP contribution in [0, 0.1) is 0 Å². The van der Waals surface area contributed by atoms with Gasteiger partial charge in [0, 0.05) is 17.5 Å². The zero-order valence-corrected chi connectivity index (χ0v) is 33.5. The number of allylic oxidation sites excluding steroid dienone is 2. The summed E-state index contributed by atoms with van der Waals surface area (Å²) >= 11 is 0. The molecule has 4 aliphatic rings. The van der Waals surface area contributed by atoms with Crippen molar-refractivity contribution in [1.82, 2.24) is 0 Å². The third-order valence-corrected chi connectivity index (χ3v) is 13.6. The van der Waals surface area contributed by atoms with Gasteiger partial charge in [0.1, 0.15) is 6.17 Å². The van der Waals surface area contributed by atoms with E-state index in [2.05, 4.69) is 229 Å². The van der Waals surface area contributed by atoms with E-state index < -0.39 is 0 Å². The summed E-state index contributed by atoms with van der Waals surface area (Å²) in [6.07, 6.45) is 5.14. The summed E-state index contributed by atoms with van der Waals surface area (Å²) in [7, 11) is 0. The van der Waals surface area contributed by atoms with Crippen LogP contribution in [0.2, 0.25) is 0 Å². The Bertz CT molecular complexity index is 3270. The minimum absolute atomic E-state index is 0.0156. The molecule has 3 aliphatic carbocycles. The molecule has 0 aromatic heterocycles. The van der Waals surface area contributed by atoms with Gasteiger partial charge in [-0.2, -0.15) is 0 Å². The molecule has 0 saturated carbocycles. The average molecular weight is 777 g/mol. The number of rotatable bonds is 5. The molecule has 13 rings (SSSR count). The third-order valence-electron chi connectivity index (χ3n) is 13.6. The molecule has 3 atom stereocenters. The van der Waals surface area contributed by atoms with E-state index in [0.717, 1.165) is 11.4 Å². The molecule has 0 fully saturated rings. The molecule has 0 radical (unpaired) electrons. The van der Waals surface area contributed by atoms with Crippen molar-refractivity contribution in [3.8, 4) is 33.4 Å². The van der Waals surface area contributed by atoms with Crippen molar-refractivity contribution in [3.05, 3.63) is 257 Å². The second-order valence-corrected chi connectivity index (χ2v) is 16.8. The van der Waals surface area contributed by atoms with E-state index in [1.54, 1.807) is 0 Å². The van der Waals surface area contributed by atoms with Gasteiger partial charge in [-0.05, 0) is 131 Å². The summed E-state index contributed by atoms with van der Waals surface area (Å²) in [4.78, 5) is 2.42. The summed E-state index contributed by atoms with van der Waals surface area (Å²) in [5, 5.41) is 6.42. The van der Waals surface area contributed by atoms with Crippen molar-refractivity contribution in [2.45, 2.75) is 18.0 Å². The van der Waals surface area contributed by atoms with E-state index >= 15 is 0 Å². The predicted molar refractivity (Wildman–Crippen MR) is 254 cm³/mol. The highest BCUT2D eigenvalue weighted by Gasteiger charge is 2.37. The first-order chi connectivity index (χ1) is 30.3. The van der Waals surface area contributed by atoms with Crippen LogP contribution < -0.4 is 10.2 Å². The summed E-state index contributed by atoms with van der Waals surface area (Å²) in [6, 6.07) is 76.3. The molecule has 0 amide bonds. The molecular formula is C59H40N2. The van der Waals surface area contributed by atoms with E-state index in [0.29, 0.717) is 0 Å². The molecule has 0 saturated heterocycles. The highest BCUT2D eigenvalue weighted by atomic mass is 15.3. The number of anilines is 3. The summed E-state index contributed by atoms with van der Waals surface area (Å²) in [5.41, 5.74) is 23.2. The van der Waals surface area contributed by atoms with Gasteiger partial charge in [0.2, 0.25) is 0 Å². The Morgan fingerprint density at radius 2 is 0.967 bits per heavy atom. The maximum Gasteiger partial charge on any atom is 0.130 e. The molecule has 1 N–H and O–H groups in total. The standard InChI is InChI=1S/C59H40N2/c1-4-15-37(16-5-1)48-33-54-50(44-22-11-10-21-43(44)48)34-49(38-17-6-2-7-18-38)53-35-51-46-24-14-23-45-42(31-32-47(58(45)46)52(51)36-55(53)54)39-27-29-41(30-28-39)61-57-26-13-12-25-56(57)60-59(61)40-19-8-3-9-20-40/h1-36,50,54,59-60H. The Kier molecular flexibility index (Phi) is 7.53. The normalized spacial score (nSPS) is 17.6. The molecule has 9 aromatic carbocycles. The maximum atomic E-state index is 3.78. The molecule has 0 bridgehead atoms. The quantitative estimate of drug-likeness (QED) is 0.187. The van der Waals surface area contributed by atoms with Crippen LogP contribution in [0.3, 0.4) is 0 Å². The first kappa shape index (κ1) is 34.2. The van der Waals surface area contributed by atoms with Crippen molar-refractivity contribution in [2.75, 3.05) is 10.2 Å². The molecule has 0 spiro atoms. The van der Waals surface area contributed by atoms with Gasteiger partial charge in [0.15, 0.2) is 0 Å². The maximum absolute atomic E-state index is 3.78. The summed E-state index contributed by atoms with van der Waals surface area (Å²) in [5.74, 6) is 0.431. The van der Waals surface area contributed by atoms with Crippen molar-refractivity contribution in [1.29, 1.82) is 0 Å². The molecule has 9 aromatic rings. The van der Waals surface area contributed by atoms with Crippen LogP contribution in [0.15, 0.2) is 218 Å². The van der Waals surface area contributed by atoms with Gasteiger partial charge in [-0.1, -0.05) is 182 Å². The van der Waals surface area contributed by atoms with Gasteiger partial charge in [-0.25, -0.2) is 0 Å². The number of benzene rings is 9. The number of nitrogens with zero attached hydrogens (tertiary/aromatic N) is 1. The van der Waals surface area contributed by atoms with Gasteiger partial charge in [-0.3, -0.25) is 0 Å². The fourth-order valence-corrected chi connectivity index (χ4v) is 10.9. The third kappa shape index (κ3) is 5.22. The van der Waals surface area contributed by atoms with Gasteiger partial charge in [0.25, 0.3) is 0 Å². The van der Waals surface area contributed by atoms with E-state index in [-0.39, 0.29) is 18.0 Å². The van der Waals surface area contributed by atoms with E-state index in [1.807, 2.05) is 0 Å². The van der Waals surface area contributed by atoms with Gasteiger partial charge >= 0.3 is 0 Å². The predicted octanol–water partition coefficient (Wildman–Crippen LogP) is 15.2. The lowest BCUT2D eigenvalue weighted by molar-refractivity contribution is 0.716. The Morgan fingerprint density at radius 3 is 1.74 bits per heavy atom. The van der Waals surface area contributed by atoms with Crippen molar-refractivity contribution in [2.24, 2.45) is 0 Å². The van der Waals surface area contributed by atoms with Crippen LogP contribution >= 0.6 is 0 Å². The highest BCUT2D eigenvalue weighted by molar-refractivity contribution is 6.19. The van der Waals surface area contributed by atoms with Crippen LogP contribution in [0.5, 0.6) is 0 Å². The molecule has 286 valence electrons. The van der Waals surface area contributed by atoms with Crippen LogP contribution in [0.1, 0.15) is 56.9 Å². The molecule has 1 heterocycles. The van der Waals surface area contributed by atoms with Gasteiger partial charge in [-0.15, -0.1) is 0 Å². The molecule has 3 unspecified atom stereocenters. The van der Waals surface area contributed by atoms with Crippen LogP contribution in [0.4, 0.5) is 17.1 Å². The average Bonchev–Trinajstić information content (AvgIpc) is 3.88. The Hall–Kier alpha value is -7.68. The van der Waals surface area contributed by atoms with Crippen LogP contribution in [-0.4, -0.2) is 0 Å². The molecule has 1 aliphatic heterocycles. The summed E-state index contributed by atoms with van der Waals surface area (Å²) in [6.45, 7) is 0. The van der Waals surface area contributed by atoms with E-state index in [1.165, 1.54) is 99.9 Å².